The molecule has 0 saturated heterocycles. The number of hydrogen-bond acceptors (Lipinski definition) is 5. The van der Waals surface area contributed by atoms with Crippen molar-refractivity contribution >= 4 is 7.82 Å². The van der Waals surface area contributed by atoms with E-state index in [4.69, 9.17) is 13.6 Å². The van der Waals surface area contributed by atoms with Gasteiger partial charge >= 0.3 is 7.82 Å². The van der Waals surface area contributed by atoms with Gasteiger partial charge in [0.15, 0.2) is 0 Å². The summed E-state index contributed by atoms with van der Waals surface area (Å²) in [4.78, 5) is 0. The molecule has 0 amide bonds. The van der Waals surface area contributed by atoms with Crippen LogP contribution in [0.15, 0.2) is 0 Å². The van der Waals surface area contributed by atoms with Gasteiger partial charge in [-0.15, -0.1) is 0 Å². The minimum atomic E-state index is -3.61. The Balaban J connectivity index is 4.99. The Morgan fingerprint density at radius 2 is 1.00 bits per heavy atom. The lowest BCUT2D eigenvalue weighted by atomic mass is 10.0. The van der Waals surface area contributed by atoms with Gasteiger partial charge in [0.2, 0.25) is 0 Å². The molecule has 0 bridgehead atoms. The summed E-state index contributed by atoms with van der Waals surface area (Å²) in [5, 5.41) is 9.36. The lowest BCUT2D eigenvalue weighted by Crippen LogP contribution is -2.16. The first-order chi connectivity index (χ1) is 14.5. The molecule has 182 valence electrons. The van der Waals surface area contributed by atoms with E-state index in [9.17, 15) is 9.67 Å². The van der Waals surface area contributed by atoms with Crippen molar-refractivity contribution in [1.29, 1.82) is 0 Å². The van der Waals surface area contributed by atoms with Crippen molar-refractivity contribution in [2.24, 2.45) is 17.8 Å². The van der Waals surface area contributed by atoms with E-state index in [2.05, 4.69) is 34.6 Å². The molecule has 3 unspecified atom stereocenters. The zero-order valence-electron chi connectivity index (χ0n) is 20.6. The highest BCUT2D eigenvalue weighted by Crippen LogP contribution is 2.51. The maximum Gasteiger partial charge on any atom is 0.474 e. The number of phosphoric ester groups is 1. The second-order valence-electron chi connectivity index (χ2n) is 8.69. The van der Waals surface area contributed by atoms with Crippen LogP contribution < -0.4 is 0 Å². The summed E-state index contributed by atoms with van der Waals surface area (Å²) >= 11 is 0. The van der Waals surface area contributed by atoms with Crippen molar-refractivity contribution in [3.63, 3.8) is 0 Å². The van der Waals surface area contributed by atoms with E-state index in [0.717, 1.165) is 70.6 Å². The first-order valence-corrected chi connectivity index (χ1v) is 14.1. The van der Waals surface area contributed by atoms with Crippen LogP contribution in [0, 0.1) is 17.8 Å². The third kappa shape index (κ3) is 15.0. The van der Waals surface area contributed by atoms with Crippen LogP contribution in [-0.2, 0) is 18.1 Å². The summed E-state index contributed by atoms with van der Waals surface area (Å²) in [7, 11) is -3.61. The van der Waals surface area contributed by atoms with Gasteiger partial charge in [0.05, 0.1) is 19.8 Å². The fourth-order valence-corrected chi connectivity index (χ4v) is 4.89. The normalized spacial score (nSPS) is 16.9. The number of hydrogen-bond donors (Lipinski definition) is 1. The average Bonchev–Trinajstić information content (AvgIpc) is 2.76. The Labute approximate surface area is 187 Å². The number of aliphatic hydroxyl groups is 1. The Kier molecular flexibility index (Phi) is 19.8. The molecule has 5 nitrogen and oxygen atoms in total. The predicted octanol–water partition coefficient (Wildman–Crippen LogP) is 7.77. The molecule has 0 aromatic heterocycles. The van der Waals surface area contributed by atoms with Crippen molar-refractivity contribution in [3.05, 3.63) is 0 Å². The molecular weight excluding hydrogens is 399 g/mol. The van der Waals surface area contributed by atoms with Crippen molar-refractivity contribution in [3.8, 4) is 0 Å². The van der Waals surface area contributed by atoms with Crippen LogP contribution in [0.1, 0.15) is 112 Å². The highest BCUT2D eigenvalue weighted by atomic mass is 31.2. The van der Waals surface area contributed by atoms with E-state index < -0.39 is 7.82 Å². The number of phosphoric acid groups is 1. The summed E-state index contributed by atoms with van der Waals surface area (Å²) in [5.41, 5.74) is 0. The molecule has 0 rings (SSSR count). The van der Waals surface area contributed by atoms with E-state index in [1.165, 1.54) is 0 Å². The van der Waals surface area contributed by atoms with Gasteiger partial charge in [-0.3, -0.25) is 13.6 Å². The number of rotatable bonds is 22. The van der Waals surface area contributed by atoms with Crippen LogP contribution in [0.3, 0.4) is 0 Å². The Hall–Kier alpha value is 0.0700. The maximum absolute atomic E-state index is 13.5. The van der Waals surface area contributed by atoms with E-state index in [-0.39, 0.29) is 12.5 Å². The highest BCUT2D eigenvalue weighted by Gasteiger charge is 2.30. The summed E-state index contributed by atoms with van der Waals surface area (Å²) in [6.45, 7) is 12.1. The van der Waals surface area contributed by atoms with Crippen LogP contribution in [0.5, 0.6) is 0 Å². The van der Waals surface area contributed by atoms with Gasteiger partial charge < -0.3 is 5.11 Å². The fraction of sp³-hybridized carbons (Fsp3) is 1.00. The molecule has 0 spiro atoms. The topological polar surface area (TPSA) is 65.0 Å². The Bertz CT molecular complexity index is 394. The van der Waals surface area contributed by atoms with Crippen LogP contribution in [0.25, 0.3) is 0 Å². The molecule has 0 aromatic carbocycles. The molecule has 30 heavy (non-hydrogen) atoms. The molecule has 0 radical (unpaired) electrons. The highest BCUT2D eigenvalue weighted by molar-refractivity contribution is 7.48. The zero-order chi connectivity index (χ0) is 22.7. The summed E-state index contributed by atoms with van der Waals surface area (Å²) < 4.78 is 31.0. The maximum atomic E-state index is 13.5. The largest absolute Gasteiger partial charge is 0.474 e. The molecule has 6 heteroatoms. The fourth-order valence-electron chi connectivity index (χ4n) is 3.48. The lowest BCUT2D eigenvalue weighted by molar-refractivity contribution is 0.0700. The van der Waals surface area contributed by atoms with Crippen LogP contribution >= 0.6 is 7.82 Å². The quantitative estimate of drug-likeness (QED) is 0.171. The number of unbranched alkanes of at least 4 members (excludes halogenated alkanes) is 3. The number of aliphatic hydroxyl groups excluding tert-OH is 1. The predicted molar refractivity (Wildman–Crippen MR) is 127 cm³/mol. The van der Waals surface area contributed by atoms with Gasteiger partial charge in [-0.2, -0.15) is 0 Å². The monoisotopic (exact) mass is 450 g/mol. The molecule has 1 N–H and O–H groups in total. The molecule has 0 aliphatic rings. The van der Waals surface area contributed by atoms with Crippen molar-refractivity contribution < 1.29 is 23.2 Å². The van der Waals surface area contributed by atoms with Crippen LogP contribution in [0.4, 0.5) is 0 Å². The third-order valence-electron chi connectivity index (χ3n) is 5.99. The molecule has 0 aliphatic carbocycles. The summed E-state index contributed by atoms with van der Waals surface area (Å²) in [6, 6.07) is 0. The first-order valence-electron chi connectivity index (χ1n) is 12.6. The second kappa shape index (κ2) is 19.7. The zero-order valence-corrected chi connectivity index (χ0v) is 21.5. The van der Waals surface area contributed by atoms with Gasteiger partial charge in [-0.05, 0) is 43.4 Å². The smallest absolute Gasteiger partial charge is 0.396 e. The molecule has 0 saturated carbocycles. The molecule has 3 atom stereocenters. The SMILES string of the molecule is CCCCC(CC)COP(=O)(OCC(CC)CCCC)OCC(CCO)CCCC. The van der Waals surface area contributed by atoms with E-state index >= 15 is 0 Å². The molecular formula is C24H51O5P. The average molecular weight is 451 g/mol. The Morgan fingerprint density at radius 1 is 0.633 bits per heavy atom. The minimum Gasteiger partial charge on any atom is -0.396 e. The van der Waals surface area contributed by atoms with Gasteiger partial charge in [-0.25, -0.2) is 4.57 Å². The van der Waals surface area contributed by atoms with Gasteiger partial charge in [-0.1, -0.05) is 86.0 Å². The summed E-state index contributed by atoms with van der Waals surface area (Å²) in [5.74, 6) is 0.932. The first kappa shape index (κ1) is 30.1. The van der Waals surface area contributed by atoms with E-state index in [0.29, 0.717) is 38.1 Å². The second-order valence-corrected chi connectivity index (χ2v) is 10.4. The summed E-state index contributed by atoms with van der Waals surface area (Å²) in [6.07, 6.45) is 12.5. The van der Waals surface area contributed by atoms with Gasteiger partial charge in [0.1, 0.15) is 0 Å². The van der Waals surface area contributed by atoms with Crippen LogP contribution in [-0.4, -0.2) is 31.5 Å². The lowest BCUT2D eigenvalue weighted by Gasteiger charge is -2.25. The minimum absolute atomic E-state index is 0.119. The van der Waals surface area contributed by atoms with Gasteiger partial charge in [0.25, 0.3) is 0 Å². The van der Waals surface area contributed by atoms with Crippen molar-refractivity contribution in [2.45, 2.75) is 112 Å². The molecule has 0 aromatic rings. The molecule has 0 heterocycles. The Morgan fingerprint density at radius 3 is 1.33 bits per heavy atom. The molecule has 0 aliphatic heterocycles. The van der Waals surface area contributed by atoms with E-state index in [1.807, 2.05) is 0 Å². The van der Waals surface area contributed by atoms with Crippen LogP contribution in [0.2, 0.25) is 0 Å². The van der Waals surface area contributed by atoms with Crippen molar-refractivity contribution in [2.75, 3.05) is 26.4 Å². The van der Waals surface area contributed by atoms with E-state index in [1.54, 1.807) is 0 Å². The molecule has 0 fully saturated rings. The van der Waals surface area contributed by atoms with Crippen molar-refractivity contribution in [1.82, 2.24) is 0 Å². The van der Waals surface area contributed by atoms with Gasteiger partial charge in [0, 0.05) is 6.61 Å². The third-order valence-corrected chi connectivity index (χ3v) is 7.39. The standard InChI is InChI=1S/C24H51O5P/c1-6-11-14-22(9-4)19-27-30(26,28-20-23(10-5)15-12-7-2)29-21-24(17-18-25)16-13-8-3/h22-25H,6-21H2,1-5H3.